The fourth-order valence-electron chi connectivity index (χ4n) is 2.39. The Morgan fingerprint density at radius 1 is 1.28 bits per heavy atom. The molecule has 0 spiro atoms. The van der Waals surface area contributed by atoms with Crippen LogP contribution in [0.2, 0.25) is 0 Å². The lowest BCUT2D eigenvalue weighted by Gasteiger charge is -2.31. The summed E-state index contributed by atoms with van der Waals surface area (Å²) in [6.45, 7) is 5.27. The van der Waals surface area contributed by atoms with Gasteiger partial charge < -0.3 is 4.74 Å². The molecular formula is C15H21NO2. The van der Waals surface area contributed by atoms with Gasteiger partial charge in [-0.2, -0.15) is 0 Å². The maximum atomic E-state index is 12.0. The molecule has 1 fully saturated rings. The molecule has 1 aromatic rings. The van der Waals surface area contributed by atoms with Gasteiger partial charge in [-0.05, 0) is 19.8 Å². The van der Waals surface area contributed by atoms with Crippen LogP contribution in [0.1, 0.15) is 30.1 Å². The van der Waals surface area contributed by atoms with E-state index in [2.05, 4.69) is 4.90 Å². The first-order chi connectivity index (χ1) is 8.79. The highest BCUT2D eigenvalue weighted by Crippen LogP contribution is 2.14. The summed E-state index contributed by atoms with van der Waals surface area (Å²) in [6.07, 6.45) is 2.46. The van der Waals surface area contributed by atoms with E-state index >= 15 is 0 Å². The highest BCUT2D eigenvalue weighted by molar-refractivity contribution is 5.97. The molecule has 0 aromatic heterocycles. The number of ether oxygens (including phenoxy) is 1. The molecule has 2 rings (SSSR count). The van der Waals surface area contributed by atoms with Crippen molar-refractivity contribution < 1.29 is 9.53 Å². The predicted octanol–water partition coefficient (Wildman–Crippen LogP) is 2.37. The molecule has 3 nitrogen and oxygen atoms in total. The summed E-state index contributed by atoms with van der Waals surface area (Å²) < 4.78 is 5.61. The Morgan fingerprint density at radius 3 is 2.56 bits per heavy atom. The van der Waals surface area contributed by atoms with Gasteiger partial charge in [0.15, 0.2) is 5.78 Å². The Labute approximate surface area is 109 Å². The van der Waals surface area contributed by atoms with E-state index < -0.39 is 0 Å². The Morgan fingerprint density at radius 2 is 1.94 bits per heavy atom. The van der Waals surface area contributed by atoms with Crippen LogP contribution in [-0.4, -0.2) is 43.0 Å². The molecule has 1 saturated heterocycles. The number of carbonyl (C=O) groups excluding carboxylic acids is 1. The zero-order chi connectivity index (χ0) is 12.8. The lowest BCUT2D eigenvalue weighted by molar-refractivity contribution is 0.0147. The van der Waals surface area contributed by atoms with Gasteiger partial charge in [-0.3, -0.25) is 9.69 Å². The summed E-state index contributed by atoms with van der Waals surface area (Å²) in [6, 6.07) is 9.53. The minimum atomic E-state index is 0.213. The third kappa shape index (κ3) is 3.65. The van der Waals surface area contributed by atoms with Crippen molar-refractivity contribution in [3.8, 4) is 0 Å². The van der Waals surface area contributed by atoms with Gasteiger partial charge in [0.25, 0.3) is 0 Å². The minimum Gasteiger partial charge on any atom is -0.378 e. The number of rotatable bonds is 5. The van der Waals surface area contributed by atoms with Crippen molar-refractivity contribution in [2.75, 3.05) is 26.2 Å². The van der Waals surface area contributed by atoms with Crippen molar-refractivity contribution in [3.05, 3.63) is 35.9 Å². The first-order valence-electron chi connectivity index (χ1n) is 6.72. The summed E-state index contributed by atoms with van der Waals surface area (Å²) >= 11 is 0. The number of piperidine rings is 1. The minimum absolute atomic E-state index is 0.213. The summed E-state index contributed by atoms with van der Waals surface area (Å²) in [5.74, 6) is 0.213. The monoisotopic (exact) mass is 247 g/mol. The first-order valence-corrected chi connectivity index (χ1v) is 6.72. The second kappa shape index (κ2) is 6.66. The van der Waals surface area contributed by atoms with Crippen LogP contribution in [0.5, 0.6) is 0 Å². The SMILES string of the molecule is CCOC1CCN(CC(=O)c2ccccc2)CC1. The summed E-state index contributed by atoms with van der Waals surface area (Å²) in [5, 5.41) is 0. The van der Waals surface area contributed by atoms with Crippen molar-refractivity contribution in [1.29, 1.82) is 0 Å². The van der Waals surface area contributed by atoms with Gasteiger partial charge in [-0.1, -0.05) is 30.3 Å². The molecular weight excluding hydrogens is 226 g/mol. The molecule has 1 aliphatic rings. The van der Waals surface area contributed by atoms with Crippen LogP contribution >= 0.6 is 0 Å². The van der Waals surface area contributed by atoms with Gasteiger partial charge in [0, 0.05) is 25.3 Å². The number of nitrogens with zero attached hydrogens (tertiary/aromatic N) is 1. The predicted molar refractivity (Wildman–Crippen MR) is 71.9 cm³/mol. The van der Waals surface area contributed by atoms with E-state index in [1.165, 1.54) is 0 Å². The number of carbonyl (C=O) groups is 1. The number of Topliss-reactive ketones (excluding diaryl/α,β-unsaturated/α-hetero) is 1. The summed E-state index contributed by atoms with van der Waals surface area (Å²) in [4.78, 5) is 14.3. The lowest BCUT2D eigenvalue weighted by atomic mass is 10.1. The fourth-order valence-corrected chi connectivity index (χ4v) is 2.39. The van der Waals surface area contributed by atoms with Gasteiger partial charge in [0.2, 0.25) is 0 Å². The average Bonchev–Trinajstić information content (AvgIpc) is 2.42. The maximum absolute atomic E-state index is 12.0. The van der Waals surface area contributed by atoms with Gasteiger partial charge in [0.1, 0.15) is 0 Å². The molecule has 1 aromatic carbocycles. The lowest BCUT2D eigenvalue weighted by Crippen LogP contribution is -2.39. The molecule has 0 radical (unpaired) electrons. The van der Waals surface area contributed by atoms with E-state index in [4.69, 9.17) is 4.74 Å². The van der Waals surface area contributed by atoms with Crippen LogP contribution in [0.4, 0.5) is 0 Å². The van der Waals surface area contributed by atoms with Crippen LogP contribution in [0, 0.1) is 0 Å². The number of benzene rings is 1. The van der Waals surface area contributed by atoms with Crippen LogP contribution in [0.15, 0.2) is 30.3 Å². The van der Waals surface area contributed by atoms with Gasteiger partial charge in [0.05, 0.1) is 12.6 Å². The second-order valence-corrected chi connectivity index (χ2v) is 4.72. The van der Waals surface area contributed by atoms with Crippen LogP contribution in [0.25, 0.3) is 0 Å². The number of likely N-dealkylation sites (tertiary alicyclic amines) is 1. The molecule has 1 aliphatic heterocycles. The number of hydrogen-bond acceptors (Lipinski definition) is 3. The largest absolute Gasteiger partial charge is 0.378 e. The van der Waals surface area contributed by atoms with Crippen molar-refractivity contribution in [3.63, 3.8) is 0 Å². The molecule has 0 atom stereocenters. The highest BCUT2D eigenvalue weighted by atomic mass is 16.5. The van der Waals surface area contributed by atoms with Gasteiger partial charge >= 0.3 is 0 Å². The second-order valence-electron chi connectivity index (χ2n) is 4.72. The molecule has 0 saturated carbocycles. The van der Waals surface area contributed by atoms with Gasteiger partial charge in [-0.15, -0.1) is 0 Å². The Kier molecular flexibility index (Phi) is 4.90. The highest BCUT2D eigenvalue weighted by Gasteiger charge is 2.21. The molecule has 18 heavy (non-hydrogen) atoms. The Balaban J connectivity index is 1.80. The van der Waals surface area contributed by atoms with E-state index in [0.29, 0.717) is 12.6 Å². The smallest absolute Gasteiger partial charge is 0.176 e. The van der Waals surface area contributed by atoms with Crippen molar-refractivity contribution in [1.82, 2.24) is 4.90 Å². The molecule has 0 bridgehead atoms. The van der Waals surface area contributed by atoms with E-state index in [9.17, 15) is 4.79 Å². The zero-order valence-electron chi connectivity index (χ0n) is 11.0. The summed E-state index contributed by atoms with van der Waals surface area (Å²) in [7, 11) is 0. The Hall–Kier alpha value is -1.19. The van der Waals surface area contributed by atoms with E-state index in [1.807, 2.05) is 37.3 Å². The van der Waals surface area contributed by atoms with Gasteiger partial charge in [-0.25, -0.2) is 0 Å². The van der Waals surface area contributed by atoms with Crippen molar-refractivity contribution in [2.24, 2.45) is 0 Å². The van der Waals surface area contributed by atoms with Crippen LogP contribution in [0.3, 0.4) is 0 Å². The van der Waals surface area contributed by atoms with Crippen LogP contribution < -0.4 is 0 Å². The zero-order valence-corrected chi connectivity index (χ0v) is 11.0. The number of hydrogen-bond donors (Lipinski definition) is 0. The molecule has 0 aliphatic carbocycles. The molecule has 0 N–H and O–H groups in total. The van der Waals surface area contributed by atoms with E-state index in [-0.39, 0.29) is 5.78 Å². The molecule has 98 valence electrons. The normalized spacial score (nSPS) is 17.8. The Bertz CT molecular complexity index is 369. The maximum Gasteiger partial charge on any atom is 0.176 e. The topological polar surface area (TPSA) is 29.5 Å². The summed E-state index contributed by atoms with van der Waals surface area (Å²) in [5.41, 5.74) is 0.810. The quantitative estimate of drug-likeness (QED) is 0.748. The molecule has 1 heterocycles. The third-order valence-corrected chi connectivity index (χ3v) is 3.40. The molecule has 3 heteroatoms. The number of ketones is 1. The molecule has 0 unspecified atom stereocenters. The third-order valence-electron chi connectivity index (χ3n) is 3.40. The van der Waals surface area contributed by atoms with Crippen molar-refractivity contribution in [2.45, 2.75) is 25.9 Å². The standard InChI is InChI=1S/C15H21NO2/c1-2-18-14-8-10-16(11-9-14)12-15(17)13-6-4-3-5-7-13/h3-7,14H,2,8-12H2,1H3. The van der Waals surface area contributed by atoms with Crippen molar-refractivity contribution >= 4 is 5.78 Å². The average molecular weight is 247 g/mol. The van der Waals surface area contributed by atoms with E-state index in [1.54, 1.807) is 0 Å². The fraction of sp³-hybridized carbons (Fsp3) is 0.533. The molecule has 0 amide bonds. The first kappa shape index (κ1) is 13.2. The van der Waals surface area contributed by atoms with Crippen LogP contribution in [-0.2, 0) is 4.74 Å². The van der Waals surface area contributed by atoms with E-state index in [0.717, 1.165) is 38.1 Å².